The molecule has 100 valence electrons. The van der Waals surface area contributed by atoms with E-state index in [0.717, 1.165) is 4.47 Å². The number of benzene rings is 1. The number of rotatable bonds is 5. The number of hydrogen-bond acceptors (Lipinski definition) is 2. The van der Waals surface area contributed by atoms with E-state index in [-0.39, 0.29) is 5.41 Å². The van der Waals surface area contributed by atoms with E-state index in [1.165, 1.54) is 5.56 Å². The van der Waals surface area contributed by atoms with Gasteiger partial charge >= 0.3 is 5.97 Å². The molecule has 0 saturated carbocycles. The first-order valence-electron chi connectivity index (χ1n) is 5.90. The van der Waals surface area contributed by atoms with Crippen LogP contribution in [0, 0.1) is 0 Å². The first-order chi connectivity index (χ1) is 8.17. The Labute approximate surface area is 117 Å². The van der Waals surface area contributed by atoms with Gasteiger partial charge in [0.05, 0.1) is 0 Å². The third-order valence-corrected chi connectivity index (χ3v) is 3.80. The van der Waals surface area contributed by atoms with Crippen molar-refractivity contribution in [3.8, 4) is 0 Å². The summed E-state index contributed by atoms with van der Waals surface area (Å²) in [6.45, 7) is 8.13. The van der Waals surface area contributed by atoms with Crippen molar-refractivity contribution >= 4 is 21.9 Å². The van der Waals surface area contributed by atoms with Gasteiger partial charge in [-0.1, -0.05) is 48.0 Å². The number of carboxylic acids is 1. The van der Waals surface area contributed by atoms with Gasteiger partial charge in [0, 0.05) is 16.4 Å². The molecule has 4 heteroatoms. The largest absolute Gasteiger partial charge is 0.480 e. The smallest absolute Gasteiger partial charge is 0.323 e. The summed E-state index contributed by atoms with van der Waals surface area (Å²) >= 11 is 3.54. The van der Waals surface area contributed by atoms with Crippen LogP contribution in [0.5, 0.6) is 0 Å². The van der Waals surface area contributed by atoms with E-state index in [9.17, 15) is 4.79 Å². The molecular weight excluding hydrogens is 294 g/mol. The molecule has 0 fully saturated rings. The molecule has 1 aromatic carbocycles. The van der Waals surface area contributed by atoms with Crippen molar-refractivity contribution in [2.24, 2.45) is 0 Å². The Kier molecular flexibility index (Phi) is 4.56. The normalized spacial score (nSPS) is 12.5. The van der Waals surface area contributed by atoms with Crippen LogP contribution < -0.4 is 5.32 Å². The van der Waals surface area contributed by atoms with Crippen LogP contribution in [0.1, 0.15) is 33.3 Å². The molecule has 0 aliphatic heterocycles. The zero-order valence-corrected chi connectivity index (χ0v) is 12.8. The molecule has 1 rings (SSSR count). The molecule has 0 saturated heterocycles. The summed E-state index contributed by atoms with van der Waals surface area (Å²) in [5.41, 5.74) is 0.101. The lowest BCUT2D eigenvalue weighted by Crippen LogP contribution is -2.50. The summed E-state index contributed by atoms with van der Waals surface area (Å²) in [6.07, 6.45) is 0. The fourth-order valence-electron chi connectivity index (χ4n) is 1.62. The number of carboxylic acid groups (broad SMARTS) is 1. The Balaban J connectivity index is 2.84. The fourth-order valence-corrected chi connectivity index (χ4v) is 2.44. The predicted octanol–water partition coefficient (Wildman–Crippen LogP) is 3.18. The van der Waals surface area contributed by atoms with Crippen LogP contribution in [-0.2, 0) is 10.2 Å². The SMILES string of the molecule is CC(C)(NCC(C)(C)c1ccccc1Br)C(=O)O. The predicted molar refractivity (Wildman–Crippen MR) is 76.9 cm³/mol. The van der Waals surface area contributed by atoms with Gasteiger partial charge in [0.25, 0.3) is 0 Å². The average molecular weight is 314 g/mol. The van der Waals surface area contributed by atoms with Crippen LogP contribution in [0.3, 0.4) is 0 Å². The van der Waals surface area contributed by atoms with Crippen molar-refractivity contribution in [1.82, 2.24) is 5.32 Å². The van der Waals surface area contributed by atoms with Crippen LogP contribution in [0.15, 0.2) is 28.7 Å². The molecule has 0 aliphatic rings. The fraction of sp³-hybridized carbons (Fsp3) is 0.500. The van der Waals surface area contributed by atoms with Gasteiger partial charge in [-0.25, -0.2) is 0 Å². The van der Waals surface area contributed by atoms with Gasteiger partial charge in [-0.2, -0.15) is 0 Å². The molecule has 1 aromatic rings. The molecule has 0 bridgehead atoms. The zero-order chi connectivity index (χ0) is 14.0. The average Bonchev–Trinajstić information content (AvgIpc) is 2.27. The number of aliphatic carboxylic acids is 1. The second-order valence-corrected chi connectivity index (χ2v) is 6.50. The minimum atomic E-state index is -0.918. The van der Waals surface area contributed by atoms with Crippen LogP contribution in [0.25, 0.3) is 0 Å². The zero-order valence-electron chi connectivity index (χ0n) is 11.2. The van der Waals surface area contributed by atoms with E-state index in [4.69, 9.17) is 5.11 Å². The van der Waals surface area contributed by atoms with E-state index >= 15 is 0 Å². The monoisotopic (exact) mass is 313 g/mol. The van der Waals surface area contributed by atoms with Crippen molar-refractivity contribution in [1.29, 1.82) is 0 Å². The molecule has 0 unspecified atom stereocenters. The van der Waals surface area contributed by atoms with Crippen molar-refractivity contribution < 1.29 is 9.90 Å². The molecule has 0 radical (unpaired) electrons. The topological polar surface area (TPSA) is 49.3 Å². The molecule has 0 amide bonds. The Hall–Kier alpha value is -0.870. The van der Waals surface area contributed by atoms with Crippen LogP contribution in [0.2, 0.25) is 0 Å². The Morgan fingerprint density at radius 3 is 2.33 bits per heavy atom. The van der Waals surface area contributed by atoms with E-state index in [0.29, 0.717) is 6.54 Å². The summed E-state index contributed by atoms with van der Waals surface area (Å²) in [5.74, 6) is -0.842. The Morgan fingerprint density at radius 1 is 1.28 bits per heavy atom. The first kappa shape index (κ1) is 15.2. The highest BCUT2D eigenvalue weighted by Crippen LogP contribution is 2.29. The highest BCUT2D eigenvalue weighted by molar-refractivity contribution is 9.10. The third kappa shape index (κ3) is 3.56. The number of halogens is 1. The third-order valence-electron chi connectivity index (χ3n) is 3.11. The molecular formula is C14H20BrNO2. The molecule has 0 aromatic heterocycles. The van der Waals surface area contributed by atoms with Crippen molar-refractivity contribution in [3.05, 3.63) is 34.3 Å². The van der Waals surface area contributed by atoms with Crippen LogP contribution in [-0.4, -0.2) is 23.2 Å². The number of nitrogens with one attached hydrogen (secondary N) is 1. The lowest BCUT2D eigenvalue weighted by molar-refractivity contribution is -0.143. The van der Waals surface area contributed by atoms with Gasteiger partial charge < -0.3 is 10.4 Å². The maximum absolute atomic E-state index is 11.1. The van der Waals surface area contributed by atoms with Crippen molar-refractivity contribution in [2.45, 2.75) is 38.6 Å². The second-order valence-electron chi connectivity index (χ2n) is 5.65. The first-order valence-corrected chi connectivity index (χ1v) is 6.69. The summed E-state index contributed by atoms with van der Waals surface area (Å²) in [5, 5.41) is 12.2. The van der Waals surface area contributed by atoms with Gasteiger partial charge in [-0.05, 0) is 25.5 Å². The summed E-state index contributed by atoms with van der Waals surface area (Å²) in [4.78, 5) is 11.1. The van der Waals surface area contributed by atoms with Gasteiger partial charge in [0.15, 0.2) is 0 Å². The molecule has 18 heavy (non-hydrogen) atoms. The number of carbonyl (C=O) groups is 1. The standard InChI is InChI=1S/C14H20BrNO2/c1-13(2,9-16-14(3,4)12(17)18)10-7-5-6-8-11(10)15/h5-8,16H,9H2,1-4H3,(H,17,18). The molecule has 0 heterocycles. The molecule has 0 atom stereocenters. The molecule has 3 nitrogen and oxygen atoms in total. The van der Waals surface area contributed by atoms with E-state index in [2.05, 4.69) is 41.2 Å². The lowest BCUT2D eigenvalue weighted by atomic mass is 9.84. The molecule has 0 spiro atoms. The van der Waals surface area contributed by atoms with Crippen LogP contribution >= 0.6 is 15.9 Å². The minimum absolute atomic E-state index is 0.146. The summed E-state index contributed by atoms with van der Waals surface area (Å²) in [7, 11) is 0. The van der Waals surface area contributed by atoms with Crippen LogP contribution in [0.4, 0.5) is 0 Å². The van der Waals surface area contributed by atoms with E-state index < -0.39 is 11.5 Å². The number of hydrogen-bond donors (Lipinski definition) is 2. The lowest BCUT2D eigenvalue weighted by Gasteiger charge is -2.31. The second kappa shape index (κ2) is 5.41. The highest BCUT2D eigenvalue weighted by Gasteiger charge is 2.30. The summed E-state index contributed by atoms with van der Waals surface area (Å²) < 4.78 is 1.05. The minimum Gasteiger partial charge on any atom is -0.480 e. The Morgan fingerprint density at radius 2 is 1.83 bits per heavy atom. The van der Waals surface area contributed by atoms with E-state index in [1.807, 2.05) is 18.2 Å². The van der Waals surface area contributed by atoms with Gasteiger partial charge in [0.2, 0.25) is 0 Å². The highest BCUT2D eigenvalue weighted by atomic mass is 79.9. The Bertz CT molecular complexity index is 441. The quantitative estimate of drug-likeness (QED) is 0.877. The van der Waals surface area contributed by atoms with Crippen molar-refractivity contribution in [2.75, 3.05) is 6.54 Å². The van der Waals surface area contributed by atoms with Gasteiger partial charge in [-0.15, -0.1) is 0 Å². The van der Waals surface area contributed by atoms with Crippen molar-refractivity contribution in [3.63, 3.8) is 0 Å². The van der Waals surface area contributed by atoms with Gasteiger partial charge in [0.1, 0.15) is 5.54 Å². The van der Waals surface area contributed by atoms with E-state index in [1.54, 1.807) is 13.8 Å². The van der Waals surface area contributed by atoms with Gasteiger partial charge in [-0.3, -0.25) is 4.79 Å². The maximum Gasteiger partial charge on any atom is 0.323 e. The maximum atomic E-state index is 11.1. The summed E-state index contributed by atoms with van der Waals surface area (Å²) in [6, 6.07) is 8.02. The molecule has 0 aliphatic carbocycles. The molecule has 2 N–H and O–H groups in total.